The monoisotopic (exact) mass is 211 g/mol. The van der Waals surface area contributed by atoms with Crippen LogP contribution in [0.25, 0.3) is 0 Å². The molecule has 0 amide bonds. The van der Waals surface area contributed by atoms with Crippen molar-refractivity contribution in [3.63, 3.8) is 0 Å². The number of aryl methyl sites for hydroxylation is 1. The molecule has 15 heavy (non-hydrogen) atoms. The van der Waals surface area contributed by atoms with Gasteiger partial charge < -0.3 is 14.4 Å². The fraction of sp³-hybridized carbons (Fsp3) is 0.600. The van der Waals surface area contributed by atoms with Crippen LogP contribution in [0, 0.1) is 6.92 Å². The van der Waals surface area contributed by atoms with E-state index in [4.69, 9.17) is 14.4 Å². The Morgan fingerprint density at radius 3 is 3.00 bits per heavy atom. The molecular formula is C10H13NO4. The molecule has 0 spiro atoms. The van der Waals surface area contributed by atoms with Gasteiger partial charge in [-0.25, -0.2) is 4.79 Å². The van der Waals surface area contributed by atoms with E-state index in [1.165, 1.54) is 0 Å². The molecule has 1 aliphatic rings. The maximum absolute atomic E-state index is 11.0. The number of carboxylic acid groups (broad SMARTS) is 1. The average molecular weight is 211 g/mol. The van der Waals surface area contributed by atoms with Crippen LogP contribution in [0.3, 0.4) is 0 Å². The quantitative estimate of drug-likeness (QED) is 0.803. The minimum atomic E-state index is -0.977. The molecule has 5 heteroatoms. The third-order valence-electron chi connectivity index (χ3n) is 2.65. The van der Waals surface area contributed by atoms with Crippen molar-refractivity contribution in [2.75, 3.05) is 13.2 Å². The fourth-order valence-corrected chi connectivity index (χ4v) is 1.88. The summed E-state index contributed by atoms with van der Waals surface area (Å²) in [6.45, 7) is 2.89. The average Bonchev–Trinajstić information content (AvgIpc) is 2.61. The van der Waals surface area contributed by atoms with Crippen molar-refractivity contribution in [2.45, 2.75) is 25.7 Å². The van der Waals surface area contributed by atoms with Crippen molar-refractivity contribution in [3.8, 4) is 0 Å². The van der Waals surface area contributed by atoms with Crippen LogP contribution < -0.4 is 0 Å². The Morgan fingerprint density at radius 1 is 1.60 bits per heavy atom. The van der Waals surface area contributed by atoms with E-state index in [9.17, 15) is 4.79 Å². The van der Waals surface area contributed by atoms with E-state index in [2.05, 4.69) is 5.16 Å². The summed E-state index contributed by atoms with van der Waals surface area (Å²) in [7, 11) is 0. The highest BCUT2D eigenvalue weighted by atomic mass is 16.5. The Balaban J connectivity index is 2.30. The predicted molar refractivity (Wildman–Crippen MR) is 51.0 cm³/mol. The SMILES string of the molecule is Cc1onc(C2CCCOC2)c1C(=O)O. The van der Waals surface area contributed by atoms with Crippen molar-refractivity contribution in [2.24, 2.45) is 0 Å². The largest absolute Gasteiger partial charge is 0.477 e. The van der Waals surface area contributed by atoms with Crippen LogP contribution in [0.15, 0.2) is 4.52 Å². The lowest BCUT2D eigenvalue weighted by molar-refractivity contribution is 0.0678. The van der Waals surface area contributed by atoms with Gasteiger partial charge in [-0.15, -0.1) is 0 Å². The zero-order chi connectivity index (χ0) is 10.8. The van der Waals surface area contributed by atoms with Gasteiger partial charge in [0.1, 0.15) is 17.0 Å². The van der Waals surface area contributed by atoms with E-state index in [1.54, 1.807) is 6.92 Å². The first-order valence-electron chi connectivity index (χ1n) is 4.97. The maximum Gasteiger partial charge on any atom is 0.341 e. The summed E-state index contributed by atoms with van der Waals surface area (Å²) in [4.78, 5) is 11.0. The normalized spacial score (nSPS) is 21.5. The third-order valence-corrected chi connectivity index (χ3v) is 2.65. The highest BCUT2D eigenvalue weighted by Crippen LogP contribution is 2.28. The van der Waals surface area contributed by atoms with Gasteiger partial charge in [0, 0.05) is 12.5 Å². The Labute approximate surface area is 87.0 Å². The lowest BCUT2D eigenvalue weighted by atomic mass is 9.95. The first kappa shape index (κ1) is 10.2. The molecule has 1 fully saturated rings. The summed E-state index contributed by atoms with van der Waals surface area (Å²) in [5, 5.41) is 12.9. The van der Waals surface area contributed by atoms with E-state index in [-0.39, 0.29) is 11.5 Å². The third kappa shape index (κ3) is 1.87. The molecule has 0 aliphatic carbocycles. The molecule has 0 radical (unpaired) electrons. The van der Waals surface area contributed by atoms with Crippen LogP contribution in [0.5, 0.6) is 0 Å². The molecule has 1 unspecified atom stereocenters. The topological polar surface area (TPSA) is 72.6 Å². The number of ether oxygens (including phenoxy) is 1. The molecule has 2 rings (SSSR count). The van der Waals surface area contributed by atoms with Gasteiger partial charge >= 0.3 is 5.97 Å². The summed E-state index contributed by atoms with van der Waals surface area (Å²) < 4.78 is 10.2. The molecule has 1 aromatic heterocycles. The molecule has 0 bridgehead atoms. The standard InChI is InChI=1S/C10H13NO4/c1-6-8(10(12)13)9(11-15-6)7-3-2-4-14-5-7/h7H,2-5H2,1H3,(H,12,13). The van der Waals surface area contributed by atoms with Gasteiger partial charge in [-0.2, -0.15) is 0 Å². The molecular weight excluding hydrogens is 198 g/mol. The first-order valence-corrected chi connectivity index (χ1v) is 4.97. The van der Waals surface area contributed by atoms with E-state index in [1.807, 2.05) is 0 Å². The van der Waals surface area contributed by atoms with Crippen molar-refractivity contribution in [1.29, 1.82) is 0 Å². The zero-order valence-electron chi connectivity index (χ0n) is 8.52. The Morgan fingerprint density at radius 2 is 2.40 bits per heavy atom. The highest BCUT2D eigenvalue weighted by Gasteiger charge is 2.27. The summed E-state index contributed by atoms with van der Waals surface area (Å²) in [5.41, 5.74) is 0.727. The van der Waals surface area contributed by atoms with Gasteiger partial charge in [0.05, 0.1) is 6.61 Å². The Kier molecular flexibility index (Phi) is 2.73. The van der Waals surface area contributed by atoms with Crippen LogP contribution >= 0.6 is 0 Å². The predicted octanol–water partition coefficient (Wildman–Crippen LogP) is 1.58. The number of carbonyl (C=O) groups is 1. The number of hydrogen-bond donors (Lipinski definition) is 1. The second-order valence-electron chi connectivity index (χ2n) is 3.72. The summed E-state index contributed by atoms with van der Waals surface area (Å²) in [6.07, 6.45) is 1.85. The molecule has 5 nitrogen and oxygen atoms in total. The molecule has 1 N–H and O–H groups in total. The van der Waals surface area contributed by atoms with Crippen molar-refractivity contribution in [3.05, 3.63) is 17.0 Å². The summed E-state index contributed by atoms with van der Waals surface area (Å²) in [6, 6.07) is 0. The number of aromatic nitrogens is 1. The van der Waals surface area contributed by atoms with Gasteiger partial charge in [0.15, 0.2) is 0 Å². The molecule has 1 aliphatic heterocycles. The van der Waals surface area contributed by atoms with Gasteiger partial charge in [0.2, 0.25) is 0 Å². The Bertz CT molecular complexity index is 365. The second kappa shape index (κ2) is 4.02. The van der Waals surface area contributed by atoms with Gasteiger partial charge in [-0.3, -0.25) is 0 Å². The van der Waals surface area contributed by atoms with E-state index in [0.29, 0.717) is 18.1 Å². The smallest absolute Gasteiger partial charge is 0.341 e. The number of hydrogen-bond acceptors (Lipinski definition) is 4. The lowest BCUT2D eigenvalue weighted by Gasteiger charge is -2.20. The van der Waals surface area contributed by atoms with E-state index < -0.39 is 5.97 Å². The summed E-state index contributed by atoms with van der Waals surface area (Å²) in [5.74, 6) is -0.556. The van der Waals surface area contributed by atoms with Gasteiger partial charge in [-0.1, -0.05) is 5.16 Å². The van der Waals surface area contributed by atoms with Crippen molar-refractivity contribution in [1.82, 2.24) is 5.16 Å². The molecule has 1 atom stereocenters. The molecule has 82 valence electrons. The molecule has 0 saturated carbocycles. The molecule has 1 aromatic rings. The number of carboxylic acids is 1. The van der Waals surface area contributed by atoms with E-state index in [0.717, 1.165) is 19.4 Å². The minimum absolute atomic E-state index is 0.0577. The Hall–Kier alpha value is -1.36. The van der Waals surface area contributed by atoms with Crippen LogP contribution in [0.4, 0.5) is 0 Å². The highest BCUT2D eigenvalue weighted by molar-refractivity contribution is 5.90. The van der Waals surface area contributed by atoms with Crippen LogP contribution in [0.2, 0.25) is 0 Å². The zero-order valence-corrected chi connectivity index (χ0v) is 8.52. The second-order valence-corrected chi connectivity index (χ2v) is 3.72. The van der Waals surface area contributed by atoms with E-state index >= 15 is 0 Å². The minimum Gasteiger partial charge on any atom is -0.477 e. The van der Waals surface area contributed by atoms with Gasteiger partial charge in [-0.05, 0) is 19.8 Å². The number of nitrogens with zero attached hydrogens (tertiary/aromatic N) is 1. The molecule has 0 aromatic carbocycles. The molecule has 2 heterocycles. The van der Waals surface area contributed by atoms with Crippen LogP contribution in [0.1, 0.15) is 40.6 Å². The number of rotatable bonds is 2. The van der Waals surface area contributed by atoms with Gasteiger partial charge in [0.25, 0.3) is 0 Å². The molecule has 1 saturated heterocycles. The van der Waals surface area contributed by atoms with Crippen LogP contribution in [-0.2, 0) is 4.74 Å². The van der Waals surface area contributed by atoms with Crippen molar-refractivity contribution < 1.29 is 19.2 Å². The summed E-state index contributed by atoms with van der Waals surface area (Å²) >= 11 is 0. The first-order chi connectivity index (χ1) is 7.20. The lowest BCUT2D eigenvalue weighted by Crippen LogP contribution is -2.18. The fourth-order valence-electron chi connectivity index (χ4n) is 1.88. The van der Waals surface area contributed by atoms with Crippen LogP contribution in [-0.4, -0.2) is 29.4 Å². The van der Waals surface area contributed by atoms with Crippen molar-refractivity contribution >= 4 is 5.97 Å². The number of aromatic carboxylic acids is 1. The maximum atomic E-state index is 11.0.